The lowest BCUT2D eigenvalue weighted by molar-refractivity contribution is 0.0930. The fraction of sp³-hybridized carbons (Fsp3) is 0.278. The number of anilines is 1. The molecule has 134 valence electrons. The molecular formula is C18H21FN2O3S. The van der Waals surface area contributed by atoms with Gasteiger partial charge in [0.15, 0.2) is 0 Å². The van der Waals surface area contributed by atoms with Crippen LogP contribution >= 0.6 is 0 Å². The average Bonchev–Trinajstić information content (AvgIpc) is 2.56. The van der Waals surface area contributed by atoms with Crippen molar-refractivity contribution < 1.29 is 17.6 Å². The highest BCUT2D eigenvalue weighted by Gasteiger charge is 2.19. The number of halogens is 1. The van der Waals surface area contributed by atoms with Crippen molar-refractivity contribution in [1.29, 1.82) is 0 Å². The van der Waals surface area contributed by atoms with Crippen molar-refractivity contribution in [1.82, 2.24) is 5.32 Å². The van der Waals surface area contributed by atoms with Gasteiger partial charge in [0.25, 0.3) is 15.9 Å². The molecule has 2 aromatic rings. The van der Waals surface area contributed by atoms with Crippen LogP contribution < -0.4 is 10.0 Å². The van der Waals surface area contributed by atoms with Gasteiger partial charge in [-0.2, -0.15) is 0 Å². The lowest BCUT2D eigenvalue weighted by Crippen LogP contribution is -2.36. The molecule has 0 spiro atoms. The molecule has 25 heavy (non-hydrogen) atoms. The van der Waals surface area contributed by atoms with Crippen molar-refractivity contribution >= 4 is 21.6 Å². The molecule has 1 atom stereocenters. The molecular weight excluding hydrogens is 343 g/mol. The van der Waals surface area contributed by atoms with Crippen LogP contribution in [0.1, 0.15) is 31.1 Å². The highest BCUT2D eigenvalue weighted by molar-refractivity contribution is 7.92. The lowest BCUT2D eigenvalue weighted by Gasteiger charge is -2.17. The quantitative estimate of drug-likeness (QED) is 0.825. The van der Waals surface area contributed by atoms with Crippen LogP contribution in [-0.4, -0.2) is 20.4 Å². The zero-order chi connectivity index (χ0) is 18.6. The Morgan fingerprint density at radius 3 is 2.36 bits per heavy atom. The summed E-state index contributed by atoms with van der Waals surface area (Å²) in [5.74, 6) is -0.784. The van der Waals surface area contributed by atoms with E-state index in [-0.39, 0.29) is 34.0 Å². The van der Waals surface area contributed by atoms with Gasteiger partial charge in [0, 0.05) is 11.6 Å². The van der Waals surface area contributed by atoms with Gasteiger partial charge in [0.05, 0.1) is 10.6 Å². The number of sulfonamides is 1. The molecule has 0 unspecified atom stereocenters. The smallest absolute Gasteiger partial charge is 0.262 e. The molecule has 2 N–H and O–H groups in total. The number of nitrogens with one attached hydrogen (secondary N) is 2. The van der Waals surface area contributed by atoms with Crippen molar-refractivity contribution in [3.63, 3.8) is 0 Å². The molecule has 0 aromatic heterocycles. The second-order valence-electron chi connectivity index (χ2n) is 6.12. The highest BCUT2D eigenvalue weighted by Crippen LogP contribution is 2.19. The van der Waals surface area contributed by atoms with E-state index in [1.807, 2.05) is 20.8 Å². The van der Waals surface area contributed by atoms with Crippen LogP contribution in [0.3, 0.4) is 0 Å². The molecule has 1 amide bonds. The Morgan fingerprint density at radius 2 is 1.72 bits per heavy atom. The van der Waals surface area contributed by atoms with Crippen molar-refractivity contribution in [2.45, 2.75) is 31.7 Å². The first-order valence-corrected chi connectivity index (χ1v) is 9.37. The van der Waals surface area contributed by atoms with E-state index in [0.29, 0.717) is 0 Å². The summed E-state index contributed by atoms with van der Waals surface area (Å²) in [6, 6.07) is 11.1. The number of hydrogen-bond donors (Lipinski definition) is 2. The number of carbonyl (C=O) groups excluding carboxylic acids is 1. The van der Waals surface area contributed by atoms with Gasteiger partial charge in [-0.25, -0.2) is 12.8 Å². The van der Waals surface area contributed by atoms with Gasteiger partial charge in [-0.3, -0.25) is 9.52 Å². The van der Waals surface area contributed by atoms with Gasteiger partial charge in [-0.15, -0.1) is 0 Å². The van der Waals surface area contributed by atoms with E-state index in [2.05, 4.69) is 10.0 Å². The number of amides is 1. The molecule has 0 fully saturated rings. The number of rotatable bonds is 6. The third-order valence-electron chi connectivity index (χ3n) is 3.88. The second-order valence-corrected chi connectivity index (χ2v) is 7.80. The van der Waals surface area contributed by atoms with Crippen LogP contribution in [0.5, 0.6) is 0 Å². The Balaban J connectivity index is 2.25. The van der Waals surface area contributed by atoms with Crippen molar-refractivity contribution in [3.8, 4) is 0 Å². The molecule has 0 saturated carbocycles. The Hall–Kier alpha value is -2.41. The van der Waals surface area contributed by atoms with Crippen molar-refractivity contribution in [3.05, 3.63) is 59.9 Å². The summed E-state index contributed by atoms with van der Waals surface area (Å²) in [6.45, 7) is 5.83. The SMILES string of the molecule is CC(C)[C@H](C)NC(=O)c1cccc(S(=O)(=O)Nc2ccccc2F)c1. The van der Waals surface area contributed by atoms with E-state index in [1.54, 1.807) is 0 Å². The van der Waals surface area contributed by atoms with Crippen LogP contribution in [0.2, 0.25) is 0 Å². The summed E-state index contributed by atoms with van der Waals surface area (Å²) in [5, 5.41) is 2.82. The molecule has 7 heteroatoms. The first-order valence-electron chi connectivity index (χ1n) is 7.89. The van der Waals surface area contributed by atoms with E-state index >= 15 is 0 Å². The summed E-state index contributed by atoms with van der Waals surface area (Å²) < 4.78 is 40.8. The maximum absolute atomic E-state index is 13.7. The number of carbonyl (C=O) groups is 1. The standard InChI is InChI=1S/C18H21FN2O3S/c1-12(2)13(3)20-18(22)14-7-6-8-15(11-14)25(23,24)21-17-10-5-4-9-16(17)19/h4-13,21H,1-3H3,(H,20,22)/t13-/m0/s1. The minimum Gasteiger partial charge on any atom is -0.349 e. The lowest BCUT2D eigenvalue weighted by atomic mass is 10.1. The minimum atomic E-state index is -4.01. The van der Waals surface area contributed by atoms with Gasteiger partial charge in [-0.1, -0.05) is 32.0 Å². The minimum absolute atomic E-state index is 0.0516. The Bertz CT molecular complexity index is 866. The topological polar surface area (TPSA) is 75.3 Å². The van der Waals surface area contributed by atoms with Gasteiger partial charge >= 0.3 is 0 Å². The number of hydrogen-bond acceptors (Lipinski definition) is 3. The molecule has 0 aliphatic carbocycles. The fourth-order valence-corrected chi connectivity index (χ4v) is 3.12. The fourth-order valence-electron chi connectivity index (χ4n) is 2.01. The van der Waals surface area contributed by atoms with Crippen LogP contribution in [0.25, 0.3) is 0 Å². The average molecular weight is 364 g/mol. The van der Waals surface area contributed by atoms with Gasteiger partial charge < -0.3 is 5.32 Å². The first kappa shape index (κ1) is 18.9. The summed E-state index contributed by atoms with van der Waals surface area (Å²) in [4.78, 5) is 12.2. The Labute approximate surface area is 147 Å². The maximum atomic E-state index is 13.7. The van der Waals surface area contributed by atoms with Crippen LogP contribution in [0.15, 0.2) is 53.4 Å². The van der Waals surface area contributed by atoms with Gasteiger partial charge in [-0.05, 0) is 43.2 Å². The zero-order valence-corrected chi connectivity index (χ0v) is 15.1. The van der Waals surface area contributed by atoms with E-state index < -0.39 is 15.8 Å². The summed E-state index contributed by atoms with van der Waals surface area (Å²) in [7, 11) is -4.01. The normalized spacial score (nSPS) is 12.7. The maximum Gasteiger partial charge on any atom is 0.262 e. The van der Waals surface area contributed by atoms with Crippen LogP contribution in [-0.2, 0) is 10.0 Å². The van der Waals surface area contributed by atoms with Crippen LogP contribution in [0, 0.1) is 11.7 Å². The van der Waals surface area contributed by atoms with E-state index in [9.17, 15) is 17.6 Å². The molecule has 0 bridgehead atoms. The molecule has 0 aliphatic heterocycles. The zero-order valence-electron chi connectivity index (χ0n) is 14.3. The number of para-hydroxylation sites is 1. The first-order chi connectivity index (χ1) is 11.7. The molecule has 0 radical (unpaired) electrons. The molecule has 0 saturated heterocycles. The van der Waals surface area contributed by atoms with Crippen molar-refractivity contribution in [2.24, 2.45) is 5.92 Å². The molecule has 2 aromatic carbocycles. The second kappa shape index (κ2) is 7.65. The van der Waals surface area contributed by atoms with Crippen LogP contribution in [0.4, 0.5) is 10.1 Å². The monoisotopic (exact) mass is 364 g/mol. The van der Waals surface area contributed by atoms with Gasteiger partial charge in [0.2, 0.25) is 0 Å². The third-order valence-corrected chi connectivity index (χ3v) is 5.25. The largest absolute Gasteiger partial charge is 0.349 e. The number of benzene rings is 2. The summed E-state index contributed by atoms with van der Waals surface area (Å²) >= 11 is 0. The van der Waals surface area contributed by atoms with Gasteiger partial charge in [0.1, 0.15) is 5.82 Å². The predicted octanol–water partition coefficient (Wildman–Crippen LogP) is 3.40. The van der Waals surface area contributed by atoms with Crippen molar-refractivity contribution in [2.75, 3.05) is 4.72 Å². The molecule has 5 nitrogen and oxygen atoms in total. The highest BCUT2D eigenvalue weighted by atomic mass is 32.2. The summed E-state index contributed by atoms with van der Waals surface area (Å²) in [6.07, 6.45) is 0. The Morgan fingerprint density at radius 1 is 1.04 bits per heavy atom. The van der Waals surface area contributed by atoms with E-state index in [4.69, 9.17) is 0 Å². The predicted molar refractivity (Wildman–Crippen MR) is 95.4 cm³/mol. The Kier molecular flexibility index (Phi) is 5.79. The third kappa shape index (κ3) is 4.79. The van der Waals surface area contributed by atoms with E-state index in [0.717, 1.165) is 6.07 Å². The molecule has 2 rings (SSSR count). The van der Waals surface area contributed by atoms with E-state index in [1.165, 1.54) is 42.5 Å². The molecule has 0 aliphatic rings. The molecule has 0 heterocycles. The summed E-state index contributed by atoms with van der Waals surface area (Å²) in [5.41, 5.74) is 0.0784.